The quantitative estimate of drug-likeness (QED) is 0.596. The smallest absolute Gasteiger partial charge is 0.256 e. The van der Waals surface area contributed by atoms with Crippen LogP contribution in [0, 0.1) is 19.1 Å². The maximum Gasteiger partial charge on any atom is 0.256 e. The molecule has 0 aliphatic heterocycles. The zero-order valence-corrected chi connectivity index (χ0v) is 12.7. The SMILES string of the molecule is Cc1nc(-c2cccc(NC(=O)c3cc[n+]([O-])cc3)c2)oc1C. The fraction of sp³-hybridized carbons (Fsp3) is 0.118. The highest BCUT2D eigenvalue weighted by Crippen LogP contribution is 2.24. The minimum Gasteiger partial charge on any atom is -0.619 e. The number of aromatic nitrogens is 2. The van der Waals surface area contributed by atoms with E-state index < -0.39 is 0 Å². The van der Waals surface area contributed by atoms with Crippen molar-refractivity contribution in [1.82, 2.24) is 4.98 Å². The molecule has 0 aliphatic rings. The van der Waals surface area contributed by atoms with Crippen LogP contribution in [-0.4, -0.2) is 10.9 Å². The van der Waals surface area contributed by atoms with Gasteiger partial charge < -0.3 is 14.9 Å². The van der Waals surface area contributed by atoms with Gasteiger partial charge in [-0.3, -0.25) is 4.79 Å². The molecule has 1 aromatic carbocycles. The van der Waals surface area contributed by atoms with E-state index in [0.717, 1.165) is 17.0 Å². The number of carbonyl (C=O) groups is 1. The Hall–Kier alpha value is -3.15. The number of pyridine rings is 1. The third kappa shape index (κ3) is 3.21. The molecule has 1 amide bonds. The summed E-state index contributed by atoms with van der Waals surface area (Å²) >= 11 is 0. The molecule has 0 fully saturated rings. The lowest BCUT2D eigenvalue weighted by Gasteiger charge is -2.06. The molecule has 6 heteroatoms. The summed E-state index contributed by atoms with van der Waals surface area (Å²) in [4.78, 5) is 16.5. The van der Waals surface area contributed by atoms with E-state index in [0.29, 0.717) is 21.9 Å². The van der Waals surface area contributed by atoms with Gasteiger partial charge in [0.15, 0.2) is 12.4 Å². The van der Waals surface area contributed by atoms with E-state index >= 15 is 0 Å². The van der Waals surface area contributed by atoms with Gasteiger partial charge >= 0.3 is 0 Å². The first kappa shape index (κ1) is 14.8. The molecule has 3 aromatic rings. The van der Waals surface area contributed by atoms with Crippen molar-refractivity contribution in [2.75, 3.05) is 5.32 Å². The predicted octanol–water partition coefficient (Wildman–Crippen LogP) is 2.84. The third-order valence-corrected chi connectivity index (χ3v) is 3.46. The van der Waals surface area contributed by atoms with Crippen LogP contribution in [-0.2, 0) is 0 Å². The highest BCUT2D eigenvalue weighted by Gasteiger charge is 2.11. The second kappa shape index (κ2) is 5.92. The summed E-state index contributed by atoms with van der Waals surface area (Å²) in [7, 11) is 0. The van der Waals surface area contributed by atoms with Gasteiger partial charge in [-0.25, -0.2) is 4.98 Å². The number of hydrogen-bond acceptors (Lipinski definition) is 4. The molecule has 0 spiro atoms. The predicted molar refractivity (Wildman–Crippen MR) is 84.8 cm³/mol. The minimum absolute atomic E-state index is 0.289. The van der Waals surface area contributed by atoms with Crippen LogP contribution >= 0.6 is 0 Å². The molecule has 6 nitrogen and oxygen atoms in total. The van der Waals surface area contributed by atoms with Gasteiger partial charge in [0, 0.05) is 23.4 Å². The Morgan fingerprint density at radius 1 is 1.22 bits per heavy atom. The summed E-state index contributed by atoms with van der Waals surface area (Å²) in [6, 6.07) is 10.2. The molecule has 0 aliphatic carbocycles. The van der Waals surface area contributed by atoms with Crippen molar-refractivity contribution in [2.45, 2.75) is 13.8 Å². The molecular weight excluding hydrogens is 294 g/mol. The lowest BCUT2D eigenvalue weighted by Crippen LogP contribution is -2.25. The zero-order valence-electron chi connectivity index (χ0n) is 12.7. The Labute approximate surface area is 133 Å². The highest BCUT2D eigenvalue weighted by molar-refractivity contribution is 6.04. The largest absolute Gasteiger partial charge is 0.619 e. The maximum absolute atomic E-state index is 12.2. The van der Waals surface area contributed by atoms with Gasteiger partial charge in [-0.2, -0.15) is 4.73 Å². The van der Waals surface area contributed by atoms with Crippen molar-refractivity contribution in [1.29, 1.82) is 0 Å². The van der Waals surface area contributed by atoms with Crippen LogP contribution in [0.25, 0.3) is 11.5 Å². The van der Waals surface area contributed by atoms with E-state index in [4.69, 9.17) is 4.42 Å². The summed E-state index contributed by atoms with van der Waals surface area (Å²) < 4.78 is 6.23. The van der Waals surface area contributed by atoms with Gasteiger partial charge in [-0.1, -0.05) is 6.07 Å². The van der Waals surface area contributed by atoms with Crippen LogP contribution in [0.1, 0.15) is 21.8 Å². The first-order valence-electron chi connectivity index (χ1n) is 7.07. The Balaban J connectivity index is 1.82. The van der Waals surface area contributed by atoms with Crippen molar-refractivity contribution in [3.63, 3.8) is 0 Å². The van der Waals surface area contributed by atoms with Crippen LogP contribution in [0.5, 0.6) is 0 Å². The number of aryl methyl sites for hydroxylation is 2. The Morgan fingerprint density at radius 3 is 2.61 bits per heavy atom. The number of rotatable bonds is 3. The fourth-order valence-electron chi connectivity index (χ4n) is 2.09. The molecule has 2 heterocycles. The van der Waals surface area contributed by atoms with Crippen molar-refractivity contribution in [3.05, 3.63) is 71.0 Å². The van der Waals surface area contributed by atoms with Crippen molar-refractivity contribution < 1.29 is 13.9 Å². The van der Waals surface area contributed by atoms with Gasteiger partial charge in [-0.15, -0.1) is 0 Å². The monoisotopic (exact) mass is 309 g/mol. The number of nitrogens with one attached hydrogen (secondary N) is 1. The average molecular weight is 309 g/mol. The maximum atomic E-state index is 12.2. The van der Waals surface area contributed by atoms with E-state index in [1.165, 1.54) is 24.5 Å². The molecule has 0 saturated carbocycles. The Bertz CT molecular complexity index is 834. The van der Waals surface area contributed by atoms with E-state index in [1.54, 1.807) is 12.1 Å². The molecule has 0 atom stereocenters. The summed E-state index contributed by atoms with van der Waals surface area (Å²) in [5.41, 5.74) is 2.65. The molecule has 0 bridgehead atoms. The van der Waals surface area contributed by atoms with Gasteiger partial charge in [-0.05, 0) is 32.0 Å². The van der Waals surface area contributed by atoms with E-state index in [1.807, 2.05) is 26.0 Å². The van der Waals surface area contributed by atoms with Crippen LogP contribution < -0.4 is 10.0 Å². The number of hydrogen-bond donors (Lipinski definition) is 1. The molecule has 0 unspecified atom stereocenters. The number of oxazole rings is 1. The summed E-state index contributed by atoms with van der Waals surface area (Å²) in [6.45, 7) is 3.74. The molecule has 0 radical (unpaired) electrons. The lowest BCUT2D eigenvalue weighted by atomic mass is 10.2. The van der Waals surface area contributed by atoms with Crippen molar-refractivity contribution in [3.8, 4) is 11.5 Å². The molecule has 0 saturated heterocycles. The van der Waals surface area contributed by atoms with Gasteiger partial charge in [0.25, 0.3) is 5.91 Å². The van der Waals surface area contributed by atoms with E-state index in [9.17, 15) is 10.0 Å². The molecular formula is C17H15N3O3. The molecule has 23 heavy (non-hydrogen) atoms. The van der Waals surface area contributed by atoms with Gasteiger partial charge in [0.05, 0.1) is 11.3 Å². The zero-order chi connectivity index (χ0) is 16.4. The number of carbonyl (C=O) groups excluding carboxylic acids is 1. The highest BCUT2D eigenvalue weighted by atomic mass is 16.5. The number of benzene rings is 1. The summed E-state index contributed by atoms with van der Waals surface area (Å²) in [5.74, 6) is 0.996. The molecule has 3 rings (SSSR count). The van der Waals surface area contributed by atoms with Crippen LogP contribution in [0.15, 0.2) is 53.2 Å². The minimum atomic E-state index is -0.289. The van der Waals surface area contributed by atoms with E-state index in [-0.39, 0.29) is 5.91 Å². The fourth-order valence-corrected chi connectivity index (χ4v) is 2.09. The molecule has 2 aromatic heterocycles. The first-order valence-corrected chi connectivity index (χ1v) is 7.07. The van der Waals surface area contributed by atoms with Crippen LogP contribution in [0.4, 0.5) is 5.69 Å². The van der Waals surface area contributed by atoms with Gasteiger partial charge in [0.2, 0.25) is 5.89 Å². The summed E-state index contributed by atoms with van der Waals surface area (Å²) in [6.07, 6.45) is 2.56. The first-order chi connectivity index (χ1) is 11.0. The number of nitrogens with zero attached hydrogens (tertiary/aromatic N) is 2. The Kier molecular flexibility index (Phi) is 3.80. The van der Waals surface area contributed by atoms with Gasteiger partial charge in [0.1, 0.15) is 5.76 Å². The summed E-state index contributed by atoms with van der Waals surface area (Å²) in [5, 5.41) is 13.8. The topological polar surface area (TPSA) is 82.1 Å². The number of amides is 1. The second-order valence-electron chi connectivity index (χ2n) is 5.14. The molecule has 1 N–H and O–H groups in total. The normalized spacial score (nSPS) is 10.5. The average Bonchev–Trinajstić information content (AvgIpc) is 2.88. The third-order valence-electron chi connectivity index (χ3n) is 3.46. The standard InChI is InChI=1S/C17H15N3O3/c1-11-12(2)23-17(18-11)14-4-3-5-15(10-14)19-16(21)13-6-8-20(22)9-7-13/h3-10H,1-2H3,(H,19,21). The lowest BCUT2D eigenvalue weighted by molar-refractivity contribution is -0.605. The molecule has 116 valence electrons. The van der Waals surface area contributed by atoms with Crippen LogP contribution in [0.2, 0.25) is 0 Å². The second-order valence-corrected chi connectivity index (χ2v) is 5.14. The van der Waals surface area contributed by atoms with E-state index in [2.05, 4.69) is 10.3 Å². The van der Waals surface area contributed by atoms with Crippen LogP contribution in [0.3, 0.4) is 0 Å². The Morgan fingerprint density at radius 2 is 1.96 bits per heavy atom. The van der Waals surface area contributed by atoms with Crippen molar-refractivity contribution in [2.24, 2.45) is 0 Å². The number of anilines is 1. The van der Waals surface area contributed by atoms with Crippen molar-refractivity contribution >= 4 is 11.6 Å².